The number of hydrogen-bond donors (Lipinski definition) is 1. The van der Waals surface area contributed by atoms with E-state index in [9.17, 15) is 9.59 Å². The average molecular weight is 353 g/mol. The van der Waals surface area contributed by atoms with Crippen LogP contribution in [0.1, 0.15) is 111 Å². The second-order valence-corrected chi connectivity index (χ2v) is 6.42. The lowest BCUT2D eigenvalue weighted by atomic mass is 10.1. The van der Waals surface area contributed by atoms with Crippen molar-refractivity contribution in [3.8, 4) is 11.8 Å². The molecule has 0 heterocycles. The highest BCUT2D eigenvalue weighted by molar-refractivity contribution is 5.75. The number of ketones is 1. The fourth-order valence-corrected chi connectivity index (χ4v) is 2.58. The fourth-order valence-electron chi connectivity index (χ4n) is 2.58. The molecule has 1 rings (SSSR count). The number of aliphatic carboxylic acids is 1. The highest BCUT2D eigenvalue weighted by Crippen LogP contribution is 2.23. The molecular formula is C22H40O3. The quantitative estimate of drug-likeness (QED) is 0.386. The molecule has 1 aliphatic rings. The van der Waals surface area contributed by atoms with Gasteiger partial charge in [0, 0.05) is 25.2 Å². The number of carbonyl (C=O) groups is 2. The summed E-state index contributed by atoms with van der Waals surface area (Å²) in [5.41, 5.74) is 0. The molecule has 0 aliphatic heterocycles. The maximum atomic E-state index is 10.3. The Bertz CT molecular complexity index is 354. The van der Waals surface area contributed by atoms with Crippen molar-refractivity contribution >= 4 is 11.8 Å². The van der Waals surface area contributed by atoms with Crippen LogP contribution in [0.15, 0.2) is 0 Å². The molecule has 0 spiro atoms. The van der Waals surface area contributed by atoms with Crippen LogP contribution in [0.3, 0.4) is 0 Å². The van der Waals surface area contributed by atoms with Crippen molar-refractivity contribution in [2.24, 2.45) is 5.92 Å². The number of unbranched alkanes of at least 4 members (excludes halogenated alkanes) is 5. The van der Waals surface area contributed by atoms with E-state index in [4.69, 9.17) is 5.11 Å². The molecule has 0 saturated heterocycles. The van der Waals surface area contributed by atoms with E-state index in [1.54, 1.807) is 0 Å². The van der Waals surface area contributed by atoms with Crippen LogP contribution in [0, 0.1) is 17.8 Å². The van der Waals surface area contributed by atoms with Gasteiger partial charge >= 0.3 is 5.97 Å². The molecule has 1 aliphatic carbocycles. The summed E-state index contributed by atoms with van der Waals surface area (Å²) in [6, 6.07) is 0. The molecule has 25 heavy (non-hydrogen) atoms. The number of carbonyl (C=O) groups excluding carboxylic acids is 1. The highest BCUT2D eigenvalue weighted by atomic mass is 16.4. The number of hydrogen-bond acceptors (Lipinski definition) is 2. The van der Waals surface area contributed by atoms with Crippen LogP contribution in [0.25, 0.3) is 0 Å². The molecule has 0 aromatic rings. The lowest BCUT2D eigenvalue weighted by molar-refractivity contribution is -0.137. The summed E-state index contributed by atoms with van der Waals surface area (Å²) < 4.78 is 0. The van der Waals surface area contributed by atoms with E-state index in [1.807, 2.05) is 13.8 Å². The minimum absolute atomic E-state index is 0.130. The topological polar surface area (TPSA) is 54.4 Å². The first-order valence-corrected chi connectivity index (χ1v) is 10.3. The summed E-state index contributed by atoms with van der Waals surface area (Å²) in [5, 5.41) is 8.19. The Morgan fingerprint density at radius 1 is 0.960 bits per heavy atom. The van der Waals surface area contributed by atoms with Gasteiger partial charge in [-0.25, -0.2) is 0 Å². The highest BCUT2D eigenvalue weighted by Gasteiger charge is 2.10. The molecular weight excluding hydrogens is 312 g/mol. The van der Waals surface area contributed by atoms with Crippen molar-refractivity contribution in [3.05, 3.63) is 0 Å². The van der Waals surface area contributed by atoms with Gasteiger partial charge in [0.15, 0.2) is 0 Å². The van der Waals surface area contributed by atoms with Crippen LogP contribution >= 0.6 is 0 Å². The molecule has 0 amide bonds. The van der Waals surface area contributed by atoms with Crippen molar-refractivity contribution in [2.75, 3.05) is 0 Å². The third kappa shape index (κ3) is 22.7. The van der Waals surface area contributed by atoms with E-state index in [2.05, 4.69) is 18.8 Å². The molecule has 0 unspecified atom stereocenters. The summed E-state index contributed by atoms with van der Waals surface area (Å²) in [5.74, 6) is 6.84. The first-order chi connectivity index (χ1) is 12.1. The minimum Gasteiger partial charge on any atom is -0.481 e. The predicted octanol–water partition coefficient (Wildman–Crippen LogP) is 6.40. The summed E-state index contributed by atoms with van der Waals surface area (Å²) in [4.78, 5) is 20.3. The molecule has 146 valence electrons. The predicted molar refractivity (Wildman–Crippen MR) is 107 cm³/mol. The van der Waals surface area contributed by atoms with Crippen molar-refractivity contribution in [3.63, 3.8) is 0 Å². The molecule has 0 aromatic carbocycles. The molecule has 0 bridgehead atoms. The van der Waals surface area contributed by atoms with Gasteiger partial charge in [0.1, 0.15) is 5.78 Å². The first kappa shape index (κ1) is 25.9. The smallest absolute Gasteiger partial charge is 0.303 e. The fraction of sp³-hybridized carbons (Fsp3) is 0.818. The maximum Gasteiger partial charge on any atom is 0.303 e. The van der Waals surface area contributed by atoms with Gasteiger partial charge in [-0.05, 0) is 39.0 Å². The summed E-state index contributed by atoms with van der Waals surface area (Å²) in [7, 11) is 0. The lowest BCUT2D eigenvalue weighted by Crippen LogP contribution is -1.95. The van der Waals surface area contributed by atoms with E-state index in [1.165, 1.54) is 58.3 Å². The Hall–Kier alpha value is -1.30. The van der Waals surface area contributed by atoms with Crippen molar-refractivity contribution in [1.29, 1.82) is 0 Å². The van der Waals surface area contributed by atoms with E-state index < -0.39 is 5.97 Å². The lowest BCUT2D eigenvalue weighted by Gasteiger charge is -1.95. The summed E-state index contributed by atoms with van der Waals surface area (Å²) in [6.07, 6.45) is 14.1. The molecule has 3 nitrogen and oxygen atoms in total. The zero-order valence-corrected chi connectivity index (χ0v) is 17.0. The van der Waals surface area contributed by atoms with Gasteiger partial charge in [-0.15, -0.1) is 5.92 Å². The first-order valence-electron chi connectivity index (χ1n) is 10.3. The van der Waals surface area contributed by atoms with Crippen LogP contribution in [0.5, 0.6) is 0 Å². The van der Waals surface area contributed by atoms with Crippen LogP contribution in [-0.2, 0) is 9.59 Å². The van der Waals surface area contributed by atoms with Crippen LogP contribution in [0.2, 0.25) is 0 Å². The van der Waals surface area contributed by atoms with E-state index in [-0.39, 0.29) is 12.2 Å². The molecule has 1 saturated carbocycles. The summed E-state index contributed by atoms with van der Waals surface area (Å²) >= 11 is 0. The third-order valence-corrected chi connectivity index (χ3v) is 3.99. The monoisotopic (exact) mass is 352 g/mol. The normalized spacial score (nSPS) is 12.8. The second-order valence-electron chi connectivity index (χ2n) is 6.42. The van der Waals surface area contributed by atoms with E-state index >= 15 is 0 Å². The van der Waals surface area contributed by atoms with Gasteiger partial charge in [-0.3, -0.25) is 4.79 Å². The maximum absolute atomic E-state index is 10.3. The molecule has 0 atom stereocenters. The number of rotatable bonds is 9. The van der Waals surface area contributed by atoms with E-state index in [0.29, 0.717) is 19.3 Å². The number of carboxylic acids is 1. The molecule has 1 N–H and O–H groups in total. The van der Waals surface area contributed by atoms with Crippen LogP contribution in [-0.4, -0.2) is 16.9 Å². The zero-order valence-electron chi connectivity index (χ0n) is 17.0. The van der Waals surface area contributed by atoms with Gasteiger partial charge in [-0.1, -0.05) is 58.8 Å². The number of Topliss-reactive ketones (excluding diaryl/α,β-unsaturated/α-hetero) is 1. The molecule has 0 radical (unpaired) electrons. The van der Waals surface area contributed by atoms with Gasteiger partial charge in [0.05, 0.1) is 0 Å². The Kier molecular flexibility index (Phi) is 21.5. The van der Waals surface area contributed by atoms with Crippen molar-refractivity contribution in [2.45, 2.75) is 111 Å². The Morgan fingerprint density at radius 3 is 2.08 bits per heavy atom. The molecule has 1 fully saturated rings. The molecule has 0 aromatic heterocycles. The van der Waals surface area contributed by atoms with Crippen LogP contribution < -0.4 is 0 Å². The summed E-state index contributed by atoms with van der Waals surface area (Å²) in [6.45, 7) is 7.77. The van der Waals surface area contributed by atoms with Gasteiger partial charge in [-0.2, -0.15) is 0 Å². The molecule has 3 heteroatoms. The minimum atomic E-state index is -0.788. The van der Waals surface area contributed by atoms with Gasteiger partial charge < -0.3 is 9.90 Å². The standard InChI is InChI=1S/C13H22.C7H12O3.C2H6/c1-2-3-4-5-6-7-10-13-11-8-9-12-13;1-6(8)4-2-3-5-7(9)10;1-2/h13H,2-6,8-9,11-12H2,1H3;2-5H2,1H3,(H,9,10);1-2H3. The largest absolute Gasteiger partial charge is 0.481 e. The van der Waals surface area contributed by atoms with Gasteiger partial charge in [0.2, 0.25) is 0 Å². The zero-order chi connectivity index (χ0) is 19.3. The Balaban J connectivity index is 0. The SMILES string of the molecule is CC.CC(=O)CCCCC(=O)O.CCCCCCC#CC1CCCC1. The van der Waals surface area contributed by atoms with Crippen molar-refractivity contribution in [1.82, 2.24) is 0 Å². The second kappa shape index (κ2) is 20.7. The van der Waals surface area contributed by atoms with Crippen LogP contribution in [0.4, 0.5) is 0 Å². The number of carboxylic acid groups (broad SMARTS) is 1. The van der Waals surface area contributed by atoms with E-state index in [0.717, 1.165) is 12.3 Å². The Morgan fingerprint density at radius 2 is 1.56 bits per heavy atom. The van der Waals surface area contributed by atoms with Crippen molar-refractivity contribution < 1.29 is 14.7 Å². The third-order valence-electron chi connectivity index (χ3n) is 3.99. The average Bonchev–Trinajstić information content (AvgIpc) is 3.10. The van der Waals surface area contributed by atoms with Gasteiger partial charge in [0.25, 0.3) is 0 Å². The Labute approximate surface area is 156 Å².